The Morgan fingerprint density at radius 3 is 2.12 bits per heavy atom. The van der Waals surface area contributed by atoms with E-state index in [0.717, 1.165) is 6.42 Å². The van der Waals surface area contributed by atoms with Gasteiger partial charge in [0.25, 0.3) is 0 Å². The van der Waals surface area contributed by atoms with E-state index in [1.807, 2.05) is 6.92 Å². The zero-order valence-electron chi connectivity index (χ0n) is 4.63. The molecule has 8 heavy (non-hydrogen) atoms. The summed E-state index contributed by atoms with van der Waals surface area (Å²) in [5.74, 6) is 0. The van der Waals surface area contributed by atoms with Crippen molar-refractivity contribution in [3.05, 3.63) is 0 Å². The molecule has 0 amide bonds. The average Bonchev–Trinajstić information content (AvgIpc) is 1.71. The summed E-state index contributed by atoms with van der Waals surface area (Å²) in [4.78, 5) is 3.69. The van der Waals surface area contributed by atoms with Gasteiger partial charge in [-0.05, 0) is 6.42 Å². The van der Waals surface area contributed by atoms with Crippen LogP contribution in [0.2, 0.25) is 0 Å². The van der Waals surface area contributed by atoms with Crippen LogP contribution in [0.15, 0.2) is 0 Å². The van der Waals surface area contributed by atoms with Gasteiger partial charge in [-0.1, -0.05) is 6.92 Å². The number of hydrogen-bond donors (Lipinski definition) is 2. The van der Waals surface area contributed by atoms with Gasteiger partial charge in [0.1, 0.15) is 0 Å². The summed E-state index contributed by atoms with van der Waals surface area (Å²) in [5.41, 5.74) is 0. The molecule has 0 aromatic rings. The van der Waals surface area contributed by atoms with Crippen LogP contribution in [0.4, 0.5) is 0 Å². The minimum absolute atomic E-state index is 0.444. The van der Waals surface area contributed by atoms with Gasteiger partial charge in [-0.2, -0.15) is 0 Å². The van der Waals surface area contributed by atoms with Crippen molar-refractivity contribution in [2.45, 2.75) is 13.3 Å². The van der Waals surface area contributed by atoms with Crippen molar-refractivity contribution in [3.63, 3.8) is 0 Å². The molecule has 0 rings (SSSR count). The third-order valence-corrected chi connectivity index (χ3v) is 0.295. The van der Waals surface area contributed by atoms with Crippen molar-refractivity contribution in [3.8, 4) is 0 Å². The standard InChI is InChI=1S/C3H8O2.H2O.O.Ti/c1-2-3-5-4;;;/h4H,2-3H2,1H3;1H2;;/q;;;+1/p-1. The van der Waals surface area contributed by atoms with Gasteiger partial charge in [0, 0.05) is 0 Å². The molecule has 0 aliphatic rings. The SMILES string of the molecule is CCCOO.[O]=[Ti][OH]. The van der Waals surface area contributed by atoms with E-state index < -0.39 is 19.5 Å². The molecular weight excluding hydrogens is 148 g/mol. The van der Waals surface area contributed by atoms with Gasteiger partial charge in [-0.25, -0.2) is 4.89 Å². The first-order valence-electron chi connectivity index (χ1n) is 2.11. The Labute approximate surface area is 57.1 Å². The van der Waals surface area contributed by atoms with Crippen LogP contribution in [0.25, 0.3) is 0 Å². The molecule has 2 N–H and O–H groups in total. The first-order valence-corrected chi connectivity index (χ1v) is 3.44. The third kappa shape index (κ3) is 32.5. The van der Waals surface area contributed by atoms with Crippen LogP contribution in [0, 0.1) is 0 Å². The second-order valence-electron chi connectivity index (χ2n) is 0.925. The molecule has 49 valence electrons. The van der Waals surface area contributed by atoms with Gasteiger partial charge in [-0.3, -0.25) is 5.26 Å². The Bertz CT molecular complexity index is 38.3. The fraction of sp³-hybridized carbons (Fsp3) is 1.00. The maximum absolute atomic E-state index is 8.61. The van der Waals surface area contributed by atoms with Crippen LogP contribution in [0.3, 0.4) is 0 Å². The van der Waals surface area contributed by atoms with Crippen LogP contribution in [-0.2, 0) is 27.7 Å². The van der Waals surface area contributed by atoms with Crippen LogP contribution < -0.4 is 0 Å². The predicted molar refractivity (Wildman–Crippen MR) is 21.8 cm³/mol. The van der Waals surface area contributed by atoms with Gasteiger partial charge < -0.3 is 0 Å². The van der Waals surface area contributed by atoms with Crippen molar-refractivity contribution in [1.29, 1.82) is 0 Å². The maximum atomic E-state index is 8.61. The average molecular weight is 157 g/mol. The molecule has 5 heteroatoms. The van der Waals surface area contributed by atoms with Gasteiger partial charge in [0.2, 0.25) is 0 Å². The first kappa shape index (κ1) is 11.2. The summed E-state index contributed by atoms with van der Waals surface area (Å²) in [6.07, 6.45) is 0.872. The molecule has 0 spiro atoms. The van der Waals surface area contributed by atoms with Gasteiger partial charge in [0.05, 0.1) is 6.61 Å². The molecule has 0 aliphatic heterocycles. The Hall–Kier alpha value is 0.394. The van der Waals surface area contributed by atoms with Crippen molar-refractivity contribution < 1.29 is 36.7 Å². The van der Waals surface area contributed by atoms with Gasteiger partial charge in [-0.15, -0.1) is 0 Å². The Kier molecular flexibility index (Phi) is 22.0. The van der Waals surface area contributed by atoms with Crippen LogP contribution in [0.1, 0.15) is 13.3 Å². The summed E-state index contributed by atoms with van der Waals surface area (Å²) in [6.45, 7) is 2.37. The number of hydrogen-bond acceptors (Lipinski definition) is 3. The quantitative estimate of drug-likeness (QED) is 0.341. The predicted octanol–water partition coefficient (Wildman–Crippen LogP) is 0.208. The molecule has 0 bridgehead atoms. The molecule has 0 aromatic heterocycles. The van der Waals surface area contributed by atoms with Crippen LogP contribution in [0.5, 0.6) is 0 Å². The first-order chi connectivity index (χ1) is 3.83. The minimum atomic E-state index is -1.75. The Morgan fingerprint density at radius 2 is 2.12 bits per heavy atom. The van der Waals surface area contributed by atoms with E-state index in [9.17, 15) is 0 Å². The molecule has 0 saturated heterocycles. The molecule has 0 fully saturated rings. The van der Waals surface area contributed by atoms with E-state index in [4.69, 9.17) is 12.3 Å². The summed E-state index contributed by atoms with van der Waals surface area (Å²) in [5, 5.41) is 7.57. The van der Waals surface area contributed by atoms with E-state index in [1.165, 1.54) is 0 Å². The van der Waals surface area contributed by atoms with Gasteiger partial charge in [0.15, 0.2) is 0 Å². The molecule has 0 aromatic carbocycles. The van der Waals surface area contributed by atoms with Gasteiger partial charge >= 0.3 is 26.5 Å². The normalized spacial score (nSPS) is 6.38. The zero-order valence-corrected chi connectivity index (χ0v) is 6.19. The molecule has 0 atom stereocenters. The molecule has 0 radical (unpaired) electrons. The zero-order chi connectivity index (χ0) is 6.83. The molecule has 4 nitrogen and oxygen atoms in total. The molecule has 0 saturated carbocycles. The van der Waals surface area contributed by atoms with E-state index in [2.05, 4.69) is 4.89 Å². The molecular formula is C3H9O4Ti. The summed E-state index contributed by atoms with van der Waals surface area (Å²) >= 11 is -1.75. The Morgan fingerprint density at radius 1 is 1.75 bits per heavy atom. The third-order valence-electron chi connectivity index (χ3n) is 0.295. The van der Waals surface area contributed by atoms with Crippen LogP contribution in [-0.4, -0.2) is 15.6 Å². The Balaban J connectivity index is 0. The fourth-order valence-corrected chi connectivity index (χ4v) is 0.0913. The molecule has 0 heterocycles. The van der Waals surface area contributed by atoms with Crippen molar-refractivity contribution in [1.82, 2.24) is 0 Å². The van der Waals surface area contributed by atoms with Crippen molar-refractivity contribution in [2.75, 3.05) is 6.61 Å². The number of rotatable bonds is 2. The molecule has 0 aliphatic carbocycles. The van der Waals surface area contributed by atoms with E-state index in [-0.39, 0.29) is 0 Å². The fourth-order valence-electron chi connectivity index (χ4n) is 0.0913. The summed E-state index contributed by atoms with van der Waals surface area (Å²) in [6, 6.07) is 0. The summed E-state index contributed by atoms with van der Waals surface area (Å²) in [7, 11) is 0. The topological polar surface area (TPSA) is 66.8 Å². The van der Waals surface area contributed by atoms with E-state index in [1.54, 1.807) is 0 Å². The summed E-state index contributed by atoms with van der Waals surface area (Å²) < 4.78 is 15.8. The molecule has 0 unspecified atom stereocenters. The van der Waals surface area contributed by atoms with E-state index >= 15 is 0 Å². The van der Waals surface area contributed by atoms with E-state index in [0.29, 0.717) is 6.61 Å². The van der Waals surface area contributed by atoms with Crippen molar-refractivity contribution in [2.24, 2.45) is 0 Å². The van der Waals surface area contributed by atoms with Crippen LogP contribution >= 0.6 is 0 Å². The van der Waals surface area contributed by atoms with Crippen molar-refractivity contribution >= 4 is 0 Å². The second-order valence-corrected chi connectivity index (χ2v) is 1.21. The second kappa shape index (κ2) is 15.7. The monoisotopic (exact) mass is 157 g/mol.